The van der Waals surface area contributed by atoms with Crippen molar-refractivity contribution in [2.75, 3.05) is 0 Å². The SMILES string of the molecule is c1cc2c3c(cccc3c1)-c1cc(-c3ccc(-c4cc5ccccc5c5ccccc45)cc3)ccc1O2. The molecule has 0 fully saturated rings. The third-order valence-corrected chi connectivity index (χ3v) is 7.65. The van der Waals surface area contributed by atoms with Gasteiger partial charge in [0.2, 0.25) is 0 Å². The first-order valence-corrected chi connectivity index (χ1v) is 12.7. The Morgan fingerprint density at radius 3 is 1.89 bits per heavy atom. The van der Waals surface area contributed by atoms with Crippen LogP contribution in [0.3, 0.4) is 0 Å². The number of benzene rings is 7. The molecule has 0 aromatic heterocycles. The molecular formula is C36H22O. The first kappa shape index (κ1) is 20.3. The molecule has 0 N–H and O–H groups in total. The molecule has 8 rings (SSSR count). The molecule has 7 aromatic rings. The van der Waals surface area contributed by atoms with E-state index < -0.39 is 0 Å². The van der Waals surface area contributed by atoms with E-state index in [9.17, 15) is 0 Å². The van der Waals surface area contributed by atoms with Crippen molar-refractivity contribution < 1.29 is 4.74 Å². The van der Waals surface area contributed by atoms with E-state index in [0.29, 0.717) is 0 Å². The van der Waals surface area contributed by atoms with Crippen molar-refractivity contribution in [1.82, 2.24) is 0 Å². The molecule has 0 saturated carbocycles. The lowest BCUT2D eigenvalue weighted by Gasteiger charge is -2.22. The molecule has 1 nitrogen and oxygen atoms in total. The van der Waals surface area contributed by atoms with Gasteiger partial charge in [0.1, 0.15) is 11.5 Å². The van der Waals surface area contributed by atoms with E-state index in [-0.39, 0.29) is 0 Å². The van der Waals surface area contributed by atoms with Gasteiger partial charge in [0.25, 0.3) is 0 Å². The third-order valence-electron chi connectivity index (χ3n) is 7.65. The van der Waals surface area contributed by atoms with Gasteiger partial charge in [-0.2, -0.15) is 0 Å². The molecule has 0 atom stereocenters. The monoisotopic (exact) mass is 470 g/mol. The Kier molecular flexibility index (Phi) is 4.29. The molecule has 172 valence electrons. The molecule has 0 unspecified atom stereocenters. The Labute approximate surface area is 215 Å². The van der Waals surface area contributed by atoms with Gasteiger partial charge in [0, 0.05) is 10.9 Å². The van der Waals surface area contributed by atoms with Gasteiger partial charge >= 0.3 is 0 Å². The maximum Gasteiger partial charge on any atom is 0.135 e. The topological polar surface area (TPSA) is 9.23 Å². The summed E-state index contributed by atoms with van der Waals surface area (Å²) in [5, 5.41) is 7.54. The number of rotatable bonds is 2. The fraction of sp³-hybridized carbons (Fsp3) is 0. The van der Waals surface area contributed by atoms with Crippen LogP contribution in [0.2, 0.25) is 0 Å². The molecule has 0 aliphatic carbocycles. The standard InChI is InChI=1S/C36H22O/c1-2-10-28-27(7-1)22-32(30-12-4-3-11-29(28)30)24-17-15-23(16-18-24)26-19-20-34-33(21-26)31-13-5-8-25-9-6-14-35(37-34)36(25)31/h1-22H. The number of ether oxygens (including phenoxy) is 1. The van der Waals surface area contributed by atoms with Gasteiger partial charge in [0.15, 0.2) is 0 Å². The Bertz CT molecular complexity index is 1990. The fourth-order valence-electron chi connectivity index (χ4n) is 5.88. The molecule has 0 bridgehead atoms. The highest BCUT2D eigenvalue weighted by Gasteiger charge is 2.20. The molecule has 1 aliphatic heterocycles. The normalized spacial score (nSPS) is 12.0. The van der Waals surface area contributed by atoms with Crippen LogP contribution in [0.1, 0.15) is 0 Å². The van der Waals surface area contributed by atoms with Gasteiger partial charge in [-0.25, -0.2) is 0 Å². The zero-order valence-corrected chi connectivity index (χ0v) is 20.1. The predicted molar refractivity (Wildman–Crippen MR) is 155 cm³/mol. The zero-order chi connectivity index (χ0) is 24.3. The molecule has 1 heterocycles. The van der Waals surface area contributed by atoms with Crippen LogP contribution in [-0.2, 0) is 0 Å². The van der Waals surface area contributed by atoms with Crippen molar-refractivity contribution in [2.45, 2.75) is 0 Å². The van der Waals surface area contributed by atoms with Gasteiger partial charge in [-0.05, 0) is 79.0 Å². The second kappa shape index (κ2) is 7.81. The van der Waals surface area contributed by atoms with Crippen molar-refractivity contribution in [2.24, 2.45) is 0 Å². The number of hydrogen-bond donors (Lipinski definition) is 0. The smallest absolute Gasteiger partial charge is 0.135 e. The molecule has 1 heteroatoms. The molecule has 0 saturated heterocycles. The average molecular weight is 471 g/mol. The third kappa shape index (κ3) is 3.11. The lowest BCUT2D eigenvalue weighted by molar-refractivity contribution is 0.487. The largest absolute Gasteiger partial charge is 0.456 e. The molecular weight excluding hydrogens is 448 g/mol. The second-order valence-electron chi connectivity index (χ2n) is 9.74. The van der Waals surface area contributed by atoms with Crippen LogP contribution in [0.25, 0.3) is 65.7 Å². The average Bonchev–Trinajstić information content (AvgIpc) is 2.97. The van der Waals surface area contributed by atoms with Crippen LogP contribution in [0.15, 0.2) is 133 Å². The van der Waals surface area contributed by atoms with E-state index >= 15 is 0 Å². The lowest BCUT2D eigenvalue weighted by Crippen LogP contribution is -1.97. The Morgan fingerprint density at radius 2 is 1.03 bits per heavy atom. The van der Waals surface area contributed by atoms with Crippen molar-refractivity contribution in [3.05, 3.63) is 133 Å². The summed E-state index contributed by atoms with van der Waals surface area (Å²) >= 11 is 0. The molecule has 0 radical (unpaired) electrons. The summed E-state index contributed by atoms with van der Waals surface area (Å²) in [6, 6.07) is 47.9. The van der Waals surface area contributed by atoms with E-state index in [0.717, 1.165) is 17.1 Å². The second-order valence-corrected chi connectivity index (χ2v) is 9.74. The quantitative estimate of drug-likeness (QED) is 0.228. The van der Waals surface area contributed by atoms with Gasteiger partial charge in [0.05, 0.1) is 0 Å². The molecule has 7 aromatic carbocycles. The van der Waals surface area contributed by atoms with Crippen LogP contribution in [0, 0.1) is 0 Å². The van der Waals surface area contributed by atoms with Crippen LogP contribution >= 0.6 is 0 Å². The Balaban J connectivity index is 1.24. The van der Waals surface area contributed by atoms with Crippen molar-refractivity contribution in [3.63, 3.8) is 0 Å². The van der Waals surface area contributed by atoms with E-state index in [4.69, 9.17) is 4.74 Å². The highest BCUT2D eigenvalue weighted by Crippen LogP contribution is 2.47. The fourth-order valence-corrected chi connectivity index (χ4v) is 5.88. The highest BCUT2D eigenvalue weighted by atomic mass is 16.5. The van der Waals surface area contributed by atoms with Crippen molar-refractivity contribution in [3.8, 4) is 44.9 Å². The van der Waals surface area contributed by atoms with Crippen molar-refractivity contribution >= 4 is 32.3 Å². The minimum atomic E-state index is 0.911. The van der Waals surface area contributed by atoms with Crippen LogP contribution < -0.4 is 4.74 Å². The summed E-state index contributed by atoms with van der Waals surface area (Å²) in [5.74, 6) is 1.84. The predicted octanol–water partition coefficient (Wildman–Crippen LogP) is 10.3. The number of hydrogen-bond acceptors (Lipinski definition) is 1. The van der Waals surface area contributed by atoms with E-state index in [1.54, 1.807) is 0 Å². The summed E-state index contributed by atoms with van der Waals surface area (Å²) in [5.41, 5.74) is 7.26. The number of fused-ring (bicyclic) bond motifs is 5. The summed E-state index contributed by atoms with van der Waals surface area (Å²) in [4.78, 5) is 0. The summed E-state index contributed by atoms with van der Waals surface area (Å²) in [7, 11) is 0. The highest BCUT2D eigenvalue weighted by molar-refractivity contribution is 6.13. The Hall–Kier alpha value is -4.88. The minimum Gasteiger partial charge on any atom is -0.456 e. The zero-order valence-electron chi connectivity index (χ0n) is 20.1. The summed E-state index contributed by atoms with van der Waals surface area (Å²) in [6.45, 7) is 0. The molecule has 1 aliphatic rings. The Morgan fingerprint density at radius 1 is 0.351 bits per heavy atom. The first-order valence-electron chi connectivity index (χ1n) is 12.7. The van der Waals surface area contributed by atoms with Crippen LogP contribution in [-0.4, -0.2) is 0 Å². The van der Waals surface area contributed by atoms with Gasteiger partial charge in [-0.15, -0.1) is 0 Å². The van der Waals surface area contributed by atoms with Gasteiger partial charge < -0.3 is 4.74 Å². The molecule has 0 amide bonds. The maximum absolute atomic E-state index is 6.29. The van der Waals surface area contributed by atoms with E-state index in [1.165, 1.54) is 60.1 Å². The van der Waals surface area contributed by atoms with Crippen LogP contribution in [0.4, 0.5) is 0 Å². The van der Waals surface area contributed by atoms with Gasteiger partial charge in [-0.1, -0.05) is 109 Å². The maximum atomic E-state index is 6.29. The minimum absolute atomic E-state index is 0.911. The first-order chi connectivity index (χ1) is 18.3. The van der Waals surface area contributed by atoms with E-state index in [2.05, 4.69) is 133 Å². The van der Waals surface area contributed by atoms with E-state index in [1.807, 2.05) is 0 Å². The molecule has 0 spiro atoms. The van der Waals surface area contributed by atoms with Crippen LogP contribution in [0.5, 0.6) is 11.5 Å². The summed E-state index contributed by atoms with van der Waals surface area (Å²) < 4.78 is 6.29. The summed E-state index contributed by atoms with van der Waals surface area (Å²) in [6.07, 6.45) is 0. The molecule has 37 heavy (non-hydrogen) atoms. The van der Waals surface area contributed by atoms with Gasteiger partial charge in [-0.3, -0.25) is 0 Å². The lowest BCUT2D eigenvalue weighted by atomic mass is 9.91. The van der Waals surface area contributed by atoms with Crippen molar-refractivity contribution in [1.29, 1.82) is 0 Å².